The van der Waals surface area contributed by atoms with E-state index in [0.29, 0.717) is 0 Å². The average molecular weight is 282 g/mol. The van der Waals surface area contributed by atoms with E-state index in [2.05, 4.69) is 20.9 Å². The molecule has 0 unspecified atom stereocenters. The van der Waals surface area contributed by atoms with Gasteiger partial charge in [-0.1, -0.05) is 0 Å². The minimum atomic E-state index is -0.424. The molecule has 0 atom stereocenters. The first-order valence-electron chi connectivity index (χ1n) is 6.88. The van der Waals surface area contributed by atoms with Gasteiger partial charge in [0.25, 0.3) is 5.56 Å². The quantitative estimate of drug-likeness (QED) is 0.686. The molecule has 0 fully saturated rings. The van der Waals surface area contributed by atoms with Crippen molar-refractivity contribution in [2.45, 2.75) is 13.1 Å². The highest BCUT2D eigenvalue weighted by molar-refractivity contribution is 5.83. The first-order chi connectivity index (χ1) is 10.2. The molecule has 0 amide bonds. The molecule has 0 radical (unpaired) electrons. The van der Waals surface area contributed by atoms with Gasteiger partial charge < -0.3 is 9.88 Å². The Balaban J connectivity index is 1.91. The van der Waals surface area contributed by atoms with Crippen LogP contribution in [0, 0.1) is 0 Å². The maximum atomic E-state index is 11.9. The number of fused-ring (bicyclic) bond motifs is 3. The second kappa shape index (κ2) is 4.46. The highest BCUT2D eigenvalue weighted by Crippen LogP contribution is 2.23. The average Bonchev–Trinajstić information content (AvgIpc) is 2.84. The zero-order valence-corrected chi connectivity index (χ0v) is 11.3. The number of nitrogens with zero attached hydrogens (tertiary/aromatic N) is 2. The zero-order valence-electron chi connectivity index (χ0n) is 11.3. The molecule has 6 nitrogen and oxygen atoms in total. The first kappa shape index (κ1) is 12.2. The van der Waals surface area contributed by atoms with Gasteiger partial charge in [0.15, 0.2) is 0 Å². The first-order valence-corrected chi connectivity index (χ1v) is 6.88. The van der Waals surface area contributed by atoms with Crippen LogP contribution in [0.3, 0.4) is 0 Å². The van der Waals surface area contributed by atoms with Crippen molar-refractivity contribution in [3.8, 4) is 5.69 Å². The number of aromatic nitrogens is 3. The van der Waals surface area contributed by atoms with Crippen molar-refractivity contribution < 1.29 is 0 Å². The summed E-state index contributed by atoms with van der Waals surface area (Å²) in [6.07, 6.45) is 1.50. The molecule has 6 heteroatoms. The summed E-state index contributed by atoms with van der Waals surface area (Å²) >= 11 is 0. The summed E-state index contributed by atoms with van der Waals surface area (Å²) in [5, 5.41) is 4.45. The molecule has 1 aliphatic heterocycles. The SMILES string of the molecule is O=c1ccn(-c2ccc3c(c2)cc2n3CCNC2)c(=O)[nH]1. The molecule has 0 saturated carbocycles. The summed E-state index contributed by atoms with van der Waals surface area (Å²) < 4.78 is 3.74. The van der Waals surface area contributed by atoms with Gasteiger partial charge in [0, 0.05) is 48.5 Å². The van der Waals surface area contributed by atoms with Gasteiger partial charge in [0.05, 0.1) is 5.69 Å². The highest BCUT2D eigenvalue weighted by atomic mass is 16.2. The lowest BCUT2D eigenvalue weighted by Crippen LogP contribution is -2.27. The van der Waals surface area contributed by atoms with Crippen LogP contribution >= 0.6 is 0 Å². The van der Waals surface area contributed by atoms with Gasteiger partial charge in [-0.25, -0.2) is 4.79 Å². The third-order valence-electron chi connectivity index (χ3n) is 3.89. The van der Waals surface area contributed by atoms with E-state index < -0.39 is 5.69 Å². The van der Waals surface area contributed by atoms with Gasteiger partial charge >= 0.3 is 5.69 Å². The summed E-state index contributed by atoms with van der Waals surface area (Å²) in [6, 6.07) is 9.39. The van der Waals surface area contributed by atoms with Crippen LogP contribution in [-0.4, -0.2) is 20.7 Å². The number of aromatic amines is 1. The van der Waals surface area contributed by atoms with Crippen molar-refractivity contribution >= 4 is 10.9 Å². The normalized spacial score (nSPS) is 14.3. The molecule has 0 saturated heterocycles. The Morgan fingerprint density at radius 2 is 2.00 bits per heavy atom. The molecule has 3 aromatic rings. The van der Waals surface area contributed by atoms with Crippen molar-refractivity contribution in [2.75, 3.05) is 6.54 Å². The van der Waals surface area contributed by atoms with E-state index >= 15 is 0 Å². The summed E-state index contributed by atoms with van der Waals surface area (Å²) in [4.78, 5) is 25.3. The van der Waals surface area contributed by atoms with Crippen molar-refractivity contribution in [3.05, 3.63) is 63.1 Å². The molecular formula is C15H14N4O2. The minimum absolute atomic E-state index is 0.386. The van der Waals surface area contributed by atoms with Crippen molar-refractivity contribution in [3.63, 3.8) is 0 Å². The highest BCUT2D eigenvalue weighted by Gasteiger charge is 2.13. The molecule has 1 aliphatic rings. The van der Waals surface area contributed by atoms with E-state index in [9.17, 15) is 9.59 Å². The van der Waals surface area contributed by atoms with Crippen LogP contribution in [0.1, 0.15) is 5.69 Å². The monoisotopic (exact) mass is 282 g/mol. The third kappa shape index (κ3) is 1.92. The lowest BCUT2D eigenvalue weighted by molar-refractivity contribution is 0.527. The fraction of sp³-hybridized carbons (Fsp3) is 0.200. The molecule has 0 spiro atoms. The molecule has 0 aliphatic carbocycles. The van der Waals surface area contributed by atoms with Gasteiger partial charge in [-0.2, -0.15) is 0 Å². The second-order valence-corrected chi connectivity index (χ2v) is 5.19. The standard InChI is InChI=1S/C15H14N4O2/c20-14-3-5-19(15(21)17-14)11-1-2-13-10(7-11)8-12-9-16-4-6-18(12)13/h1-3,5,7-8,16H,4,6,9H2,(H,17,20,21). The molecule has 1 aromatic carbocycles. The fourth-order valence-electron chi connectivity index (χ4n) is 2.90. The predicted octanol–water partition coefficient (Wildman–Crippen LogP) is 0.584. The van der Waals surface area contributed by atoms with Crippen molar-refractivity contribution in [1.82, 2.24) is 19.4 Å². The van der Waals surface area contributed by atoms with E-state index in [1.807, 2.05) is 18.2 Å². The van der Waals surface area contributed by atoms with Crippen molar-refractivity contribution in [1.29, 1.82) is 0 Å². The van der Waals surface area contributed by atoms with E-state index in [1.165, 1.54) is 28.0 Å². The zero-order chi connectivity index (χ0) is 14.4. The predicted molar refractivity (Wildman–Crippen MR) is 79.9 cm³/mol. The molecule has 3 heterocycles. The van der Waals surface area contributed by atoms with Crippen LogP contribution in [0.2, 0.25) is 0 Å². The van der Waals surface area contributed by atoms with E-state index in [0.717, 1.165) is 30.7 Å². The minimum Gasteiger partial charge on any atom is -0.342 e. The molecular weight excluding hydrogens is 268 g/mol. The summed E-state index contributed by atoms with van der Waals surface area (Å²) in [5.74, 6) is 0. The number of nitrogens with one attached hydrogen (secondary N) is 2. The number of hydrogen-bond donors (Lipinski definition) is 2. The largest absolute Gasteiger partial charge is 0.342 e. The Kier molecular flexibility index (Phi) is 2.58. The van der Waals surface area contributed by atoms with Gasteiger partial charge in [-0.15, -0.1) is 0 Å². The Morgan fingerprint density at radius 1 is 1.10 bits per heavy atom. The summed E-state index contributed by atoms with van der Waals surface area (Å²) in [6.45, 7) is 2.79. The lowest BCUT2D eigenvalue weighted by atomic mass is 10.2. The van der Waals surface area contributed by atoms with Gasteiger partial charge in [-0.3, -0.25) is 14.3 Å². The van der Waals surface area contributed by atoms with Crippen LogP contribution in [0.4, 0.5) is 0 Å². The molecule has 4 rings (SSSR count). The van der Waals surface area contributed by atoms with Gasteiger partial charge in [0.2, 0.25) is 0 Å². The Morgan fingerprint density at radius 3 is 2.86 bits per heavy atom. The van der Waals surface area contributed by atoms with Gasteiger partial charge in [-0.05, 0) is 24.3 Å². The smallest absolute Gasteiger partial charge is 0.332 e. The Hall–Kier alpha value is -2.60. The van der Waals surface area contributed by atoms with E-state index in [1.54, 1.807) is 0 Å². The fourth-order valence-corrected chi connectivity index (χ4v) is 2.90. The Bertz CT molecular complexity index is 948. The molecule has 2 N–H and O–H groups in total. The number of H-pyrrole nitrogens is 1. The summed E-state index contributed by atoms with van der Waals surface area (Å²) in [7, 11) is 0. The number of rotatable bonds is 1. The van der Waals surface area contributed by atoms with E-state index in [-0.39, 0.29) is 5.56 Å². The Labute approximate surface area is 119 Å². The maximum absolute atomic E-state index is 11.9. The lowest BCUT2D eigenvalue weighted by Gasteiger charge is -2.17. The molecule has 0 bridgehead atoms. The van der Waals surface area contributed by atoms with Crippen LogP contribution in [0.25, 0.3) is 16.6 Å². The summed E-state index contributed by atoms with van der Waals surface area (Å²) in [5.41, 5.74) is 2.37. The van der Waals surface area contributed by atoms with Crippen molar-refractivity contribution in [2.24, 2.45) is 0 Å². The topological polar surface area (TPSA) is 71.8 Å². The van der Waals surface area contributed by atoms with E-state index in [4.69, 9.17) is 0 Å². The van der Waals surface area contributed by atoms with Crippen LogP contribution in [0.5, 0.6) is 0 Å². The third-order valence-corrected chi connectivity index (χ3v) is 3.89. The second-order valence-electron chi connectivity index (χ2n) is 5.19. The maximum Gasteiger partial charge on any atom is 0.332 e. The number of benzene rings is 1. The molecule has 21 heavy (non-hydrogen) atoms. The van der Waals surface area contributed by atoms with Crippen LogP contribution < -0.4 is 16.6 Å². The number of hydrogen-bond acceptors (Lipinski definition) is 3. The van der Waals surface area contributed by atoms with Crippen LogP contribution in [0.15, 0.2) is 46.1 Å². The molecule has 106 valence electrons. The van der Waals surface area contributed by atoms with Gasteiger partial charge in [0.1, 0.15) is 0 Å². The molecule has 2 aromatic heterocycles. The van der Waals surface area contributed by atoms with Crippen LogP contribution in [-0.2, 0) is 13.1 Å².